The molecule has 0 aliphatic heterocycles. The van der Waals surface area contributed by atoms with E-state index < -0.39 is 25.8 Å². The summed E-state index contributed by atoms with van der Waals surface area (Å²) < 4.78 is 57.3. The number of hydrogen-bond donors (Lipinski definition) is 3. The van der Waals surface area contributed by atoms with E-state index in [1.54, 1.807) is 11.4 Å². The van der Waals surface area contributed by atoms with Crippen LogP contribution in [0.25, 0.3) is 0 Å². The van der Waals surface area contributed by atoms with Crippen LogP contribution in [-0.2, 0) is 20.0 Å². The summed E-state index contributed by atoms with van der Waals surface area (Å²) in [6.45, 7) is 0. The number of rotatable bonds is 6. The van der Waals surface area contributed by atoms with Gasteiger partial charge in [0.05, 0.1) is 26.3 Å². The molecule has 0 amide bonds. The number of phenols is 1. The van der Waals surface area contributed by atoms with Gasteiger partial charge in [0.25, 0.3) is 20.0 Å². The normalized spacial score (nSPS) is 12.0. The minimum atomic E-state index is -4.20. The van der Waals surface area contributed by atoms with E-state index in [1.165, 1.54) is 18.2 Å². The molecule has 3 rings (SSSR count). The van der Waals surface area contributed by atoms with Crippen LogP contribution in [0.5, 0.6) is 5.75 Å². The molecule has 30 heavy (non-hydrogen) atoms. The highest BCUT2D eigenvalue weighted by Crippen LogP contribution is 2.36. The highest BCUT2D eigenvalue weighted by atomic mass is 127. The molecule has 0 radical (unpaired) electrons. The number of anilines is 2. The van der Waals surface area contributed by atoms with Crippen LogP contribution in [0.4, 0.5) is 11.4 Å². The minimum absolute atomic E-state index is 0.0141. The highest BCUT2D eigenvalue weighted by Gasteiger charge is 2.23. The van der Waals surface area contributed by atoms with Crippen molar-refractivity contribution in [1.82, 2.24) is 0 Å². The number of nitrogens with one attached hydrogen (secondary N) is 2. The number of halogens is 4. The molecular formula is C16H10Cl2I2N2O5S3. The molecule has 2 aromatic carbocycles. The maximum atomic E-state index is 12.9. The molecule has 0 saturated heterocycles. The molecular weight excluding hydrogens is 721 g/mol. The van der Waals surface area contributed by atoms with E-state index >= 15 is 0 Å². The Hall–Kier alpha value is -0.520. The molecule has 3 N–H and O–H groups in total. The maximum Gasteiger partial charge on any atom is 0.271 e. The van der Waals surface area contributed by atoms with Crippen molar-refractivity contribution in [3.05, 3.63) is 59.0 Å². The van der Waals surface area contributed by atoms with Crippen molar-refractivity contribution in [1.29, 1.82) is 0 Å². The van der Waals surface area contributed by atoms with Gasteiger partial charge in [-0.1, -0.05) is 29.3 Å². The van der Waals surface area contributed by atoms with E-state index in [1.807, 2.05) is 45.2 Å². The Labute approximate surface area is 214 Å². The molecule has 7 nitrogen and oxygen atoms in total. The number of thiophene rings is 1. The fourth-order valence-corrected chi connectivity index (χ4v) is 6.96. The van der Waals surface area contributed by atoms with Gasteiger partial charge in [-0.05, 0) is 80.9 Å². The molecule has 3 aromatic rings. The van der Waals surface area contributed by atoms with Crippen molar-refractivity contribution in [2.24, 2.45) is 0 Å². The number of benzene rings is 2. The molecule has 0 unspecified atom stereocenters. The summed E-state index contributed by atoms with van der Waals surface area (Å²) in [6.07, 6.45) is 0. The lowest BCUT2D eigenvalue weighted by Crippen LogP contribution is -2.17. The predicted molar refractivity (Wildman–Crippen MR) is 136 cm³/mol. The first-order valence-electron chi connectivity index (χ1n) is 7.67. The smallest absolute Gasteiger partial charge is 0.271 e. The van der Waals surface area contributed by atoms with E-state index in [-0.39, 0.29) is 30.5 Å². The second-order valence-corrected chi connectivity index (χ2v) is 13.4. The van der Waals surface area contributed by atoms with Gasteiger partial charge in [0.15, 0.2) is 5.75 Å². The zero-order chi connectivity index (χ0) is 22.3. The summed E-state index contributed by atoms with van der Waals surface area (Å²) in [6, 6.07) is 8.13. The number of sulfonamides is 2. The Balaban J connectivity index is 2.05. The van der Waals surface area contributed by atoms with Gasteiger partial charge in [0, 0.05) is 7.14 Å². The van der Waals surface area contributed by atoms with Gasteiger partial charge in [0.2, 0.25) is 0 Å². The van der Waals surface area contributed by atoms with Crippen molar-refractivity contribution in [2.75, 3.05) is 9.44 Å². The number of hydrogen-bond acceptors (Lipinski definition) is 6. The van der Waals surface area contributed by atoms with E-state index in [4.69, 9.17) is 23.2 Å². The van der Waals surface area contributed by atoms with Crippen molar-refractivity contribution in [2.45, 2.75) is 9.10 Å². The van der Waals surface area contributed by atoms with E-state index in [2.05, 4.69) is 9.44 Å². The first-order valence-corrected chi connectivity index (χ1v) is 14.4. The second kappa shape index (κ2) is 9.15. The fraction of sp³-hybridized carbons (Fsp3) is 0. The maximum absolute atomic E-state index is 12.9. The number of phenolic OH excluding ortho intramolecular Hbond substituents is 1. The first-order chi connectivity index (χ1) is 13.9. The lowest BCUT2D eigenvalue weighted by molar-refractivity contribution is 0.475. The Morgan fingerprint density at radius 2 is 1.37 bits per heavy atom. The first kappa shape index (κ1) is 24.1. The van der Waals surface area contributed by atoms with Gasteiger partial charge in [-0.15, -0.1) is 11.3 Å². The van der Waals surface area contributed by atoms with Gasteiger partial charge < -0.3 is 5.11 Å². The van der Waals surface area contributed by atoms with Crippen molar-refractivity contribution in [3.63, 3.8) is 0 Å². The van der Waals surface area contributed by atoms with Gasteiger partial charge in [-0.2, -0.15) is 0 Å². The van der Waals surface area contributed by atoms with Crippen molar-refractivity contribution in [3.8, 4) is 5.75 Å². The molecule has 0 spiro atoms. The summed E-state index contributed by atoms with van der Waals surface area (Å²) in [5, 5.41) is 10.8. The molecule has 0 aliphatic carbocycles. The van der Waals surface area contributed by atoms with Crippen LogP contribution in [0.15, 0.2) is 50.9 Å². The van der Waals surface area contributed by atoms with Gasteiger partial charge >= 0.3 is 0 Å². The summed E-state index contributed by atoms with van der Waals surface area (Å²) in [4.78, 5) is -0.295. The summed E-state index contributed by atoms with van der Waals surface area (Å²) >= 11 is 16.7. The lowest BCUT2D eigenvalue weighted by atomic mass is 10.3. The highest BCUT2D eigenvalue weighted by molar-refractivity contribution is 14.1. The van der Waals surface area contributed by atoms with Gasteiger partial charge in [0.1, 0.15) is 4.21 Å². The molecule has 160 valence electrons. The molecule has 1 heterocycles. The monoisotopic (exact) mass is 730 g/mol. The van der Waals surface area contributed by atoms with Crippen LogP contribution >= 0.6 is 79.7 Å². The summed E-state index contributed by atoms with van der Waals surface area (Å²) in [5.74, 6) is -0.439. The van der Waals surface area contributed by atoms with Crippen LogP contribution in [0.1, 0.15) is 0 Å². The van der Waals surface area contributed by atoms with Crippen molar-refractivity contribution < 1.29 is 21.9 Å². The van der Waals surface area contributed by atoms with Gasteiger partial charge in [-0.3, -0.25) is 9.44 Å². The summed E-state index contributed by atoms with van der Waals surface area (Å²) in [5.41, 5.74) is 0.0630. The van der Waals surface area contributed by atoms with Crippen LogP contribution in [0, 0.1) is 7.14 Å². The van der Waals surface area contributed by atoms with E-state index in [0.717, 1.165) is 27.0 Å². The Bertz CT molecular complexity index is 1310. The third-order valence-electron chi connectivity index (χ3n) is 3.61. The topological polar surface area (TPSA) is 113 Å². The van der Waals surface area contributed by atoms with Crippen LogP contribution in [-0.4, -0.2) is 21.9 Å². The fourth-order valence-electron chi connectivity index (χ4n) is 2.23. The second-order valence-electron chi connectivity index (χ2n) is 5.69. The summed E-state index contributed by atoms with van der Waals surface area (Å²) in [7, 11) is -8.11. The largest absolute Gasteiger partial charge is 0.505 e. The lowest BCUT2D eigenvalue weighted by Gasteiger charge is -2.16. The molecule has 0 bridgehead atoms. The van der Waals surface area contributed by atoms with Gasteiger partial charge in [-0.25, -0.2) is 16.8 Å². The average molecular weight is 731 g/mol. The van der Waals surface area contributed by atoms with Crippen LogP contribution in [0.2, 0.25) is 10.0 Å². The molecule has 14 heteroatoms. The quantitative estimate of drug-likeness (QED) is 0.287. The average Bonchev–Trinajstić information content (AvgIpc) is 3.19. The Morgan fingerprint density at radius 1 is 0.867 bits per heavy atom. The molecule has 0 aliphatic rings. The van der Waals surface area contributed by atoms with E-state index in [9.17, 15) is 21.9 Å². The van der Waals surface area contributed by atoms with Crippen LogP contribution < -0.4 is 9.44 Å². The minimum Gasteiger partial charge on any atom is -0.505 e. The molecule has 0 saturated carbocycles. The Morgan fingerprint density at radius 3 is 1.83 bits per heavy atom. The Kier molecular flexibility index (Phi) is 7.36. The molecule has 1 aromatic heterocycles. The predicted octanol–water partition coefficient (Wildman–Crippen LogP) is 5.57. The SMILES string of the molecule is O=S(=O)(Nc1cc(I)c(I)cc1NS(=O)(=O)c1cccs1)c1cc(Cl)c(O)c(Cl)c1. The third-order valence-corrected chi connectivity index (χ3v) is 11.1. The third kappa shape index (κ3) is 5.27. The molecule has 0 fully saturated rings. The molecule has 0 atom stereocenters. The van der Waals surface area contributed by atoms with E-state index in [0.29, 0.717) is 3.57 Å². The number of aromatic hydroxyl groups is 1. The standard InChI is InChI=1S/C16H10Cl2I2N2O5S3/c17-9-4-8(5-10(18)16(9)23)29(24,25)21-13-6-11(19)12(20)7-14(13)22-30(26,27)15-2-1-3-28-15/h1-7,21-23H. The zero-order valence-electron chi connectivity index (χ0n) is 14.4. The zero-order valence-corrected chi connectivity index (χ0v) is 22.6. The van der Waals surface area contributed by atoms with Crippen molar-refractivity contribution >= 4 is 111 Å². The van der Waals surface area contributed by atoms with Crippen LogP contribution in [0.3, 0.4) is 0 Å².